The molecule has 0 saturated carbocycles. The van der Waals surface area contributed by atoms with E-state index in [2.05, 4.69) is 0 Å². The van der Waals surface area contributed by atoms with E-state index in [0.717, 1.165) is 6.07 Å². The van der Waals surface area contributed by atoms with Crippen LogP contribution in [-0.2, 0) is 21.4 Å². The first-order valence-electron chi connectivity index (χ1n) is 6.95. The number of ketones is 1. The van der Waals surface area contributed by atoms with E-state index < -0.39 is 26.6 Å². The zero-order valence-electron chi connectivity index (χ0n) is 12.6. The van der Waals surface area contributed by atoms with Crippen LogP contribution in [0.15, 0.2) is 47.4 Å². The van der Waals surface area contributed by atoms with Gasteiger partial charge in [-0.2, -0.15) is 0 Å². The van der Waals surface area contributed by atoms with E-state index in [1.165, 1.54) is 41.3 Å². The molecule has 25 heavy (non-hydrogen) atoms. The van der Waals surface area contributed by atoms with Gasteiger partial charge in [0, 0.05) is 12.1 Å². The maximum absolute atomic E-state index is 12.2. The lowest BCUT2D eigenvalue weighted by molar-refractivity contribution is -0.384. The Bertz CT molecular complexity index is 1010. The summed E-state index contributed by atoms with van der Waals surface area (Å²) in [4.78, 5) is 35.5. The third-order valence-corrected chi connectivity index (χ3v) is 4.69. The van der Waals surface area contributed by atoms with Crippen molar-refractivity contribution in [3.05, 3.63) is 63.7 Å². The number of hydrogen-bond donors (Lipinski definition) is 1. The van der Waals surface area contributed by atoms with Gasteiger partial charge in [-0.25, -0.2) is 13.6 Å². The van der Waals surface area contributed by atoms with Crippen LogP contribution in [0.4, 0.5) is 11.4 Å². The van der Waals surface area contributed by atoms with E-state index in [4.69, 9.17) is 5.14 Å². The Labute approximate surface area is 141 Å². The number of amides is 1. The first-order chi connectivity index (χ1) is 11.7. The minimum Gasteiger partial charge on any atom is -0.300 e. The lowest BCUT2D eigenvalue weighted by atomic mass is 10.1. The van der Waals surface area contributed by atoms with Crippen molar-refractivity contribution in [2.75, 3.05) is 4.90 Å². The fourth-order valence-corrected chi connectivity index (χ4v) is 3.04. The summed E-state index contributed by atoms with van der Waals surface area (Å²) >= 11 is 0. The molecule has 0 radical (unpaired) electrons. The fraction of sp³-hybridized carbons (Fsp3) is 0.0667. The van der Waals surface area contributed by atoms with Gasteiger partial charge in [-0.05, 0) is 23.8 Å². The number of benzene rings is 2. The predicted octanol–water partition coefficient (Wildman–Crippen LogP) is 0.972. The van der Waals surface area contributed by atoms with Crippen LogP contribution in [0.1, 0.15) is 15.9 Å². The third kappa shape index (κ3) is 2.99. The smallest absolute Gasteiger partial charge is 0.299 e. The molecule has 0 spiro atoms. The number of Topliss-reactive ketones (excluding diaryl/α,β-unsaturated/α-hetero) is 1. The van der Waals surface area contributed by atoms with Crippen LogP contribution in [0.5, 0.6) is 0 Å². The van der Waals surface area contributed by atoms with Crippen molar-refractivity contribution in [3.8, 4) is 0 Å². The number of nitrogens with two attached hydrogens (primary N) is 1. The molecule has 0 atom stereocenters. The largest absolute Gasteiger partial charge is 0.300 e. The van der Waals surface area contributed by atoms with Crippen molar-refractivity contribution >= 4 is 33.1 Å². The number of anilines is 1. The molecule has 2 N–H and O–H groups in total. The molecule has 0 aromatic heterocycles. The van der Waals surface area contributed by atoms with Gasteiger partial charge in [-0.3, -0.25) is 19.7 Å². The molecule has 2 aromatic carbocycles. The summed E-state index contributed by atoms with van der Waals surface area (Å²) in [6, 6.07) is 9.16. The number of hydrogen-bond acceptors (Lipinski definition) is 6. The molecule has 0 unspecified atom stereocenters. The molecule has 0 fully saturated rings. The second-order valence-corrected chi connectivity index (χ2v) is 6.93. The number of nitro benzene ring substituents is 1. The van der Waals surface area contributed by atoms with Crippen LogP contribution in [0.25, 0.3) is 0 Å². The van der Waals surface area contributed by atoms with E-state index in [9.17, 15) is 28.1 Å². The monoisotopic (exact) mass is 361 g/mol. The zero-order chi connectivity index (χ0) is 18.4. The number of carbonyl (C=O) groups excluding carboxylic acids is 2. The van der Waals surface area contributed by atoms with Crippen molar-refractivity contribution in [1.29, 1.82) is 0 Å². The quantitative estimate of drug-likeness (QED) is 0.489. The molecule has 3 rings (SSSR count). The highest BCUT2D eigenvalue weighted by Gasteiger charge is 2.37. The van der Waals surface area contributed by atoms with Gasteiger partial charge in [-0.1, -0.05) is 12.1 Å². The van der Waals surface area contributed by atoms with Gasteiger partial charge in [0.1, 0.15) is 0 Å². The highest BCUT2D eigenvalue weighted by atomic mass is 32.2. The van der Waals surface area contributed by atoms with E-state index in [-0.39, 0.29) is 28.4 Å². The fourth-order valence-electron chi connectivity index (χ4n) is 2.53. The molecule has 2 aromatic rings. The summed E-state index contributed by atoms with van der Waals surface area (Å²) in [6.45, 7) is 0.0142. The van der Waals surface area contributed by atoms with E-state index >= 15 is 0 Å². The molecule has 0 bridgehead atoms. The SMILES string of the molecule is NS(=O)(=O)c1ccc(CN2C(=O)C(=O)c3cc([N+](=O)[O-])ccc32)cc1. The Morgan fingerprint density at radius 3 is 2.28 bits per heavy atom. The lowest BCUT2D eigenvalue weighted by Crippen LogP contribution is -2.29. The van der Waals surface area contributed by atoms with E-state index in [1.54, 1.807) is 0 Å². The number of primary sulfonamides is 1. The summed E-state index contributed by atoms with van der Waals surface area (Å²) in [7, 11) is -3.83. The summed E-state index contributed by atoms with van der Waals surface area (Å²) in [5.41, 5.74) is 0.537. The van der Waals surface area contributed by atoms with Crippen molar-refractivity contribution < 1.29 is 22.9 Å². The third-order valence-electron chi connectivity index (χ3n) is 3.76. The average Bonchev–Trinajstić information content (AvgIpc) is 2.79. The average molecular weight is 361 g/mol. The number of nitro groups is 1. The molecule has 1 aliphatic heterocycles. The topological polar surface area (TPSA) is 141 Å². The minimum atomic E-state index is -3.83. The first-order valence-corrected chi connectivity index (χ1v) is 8.49. The van der Waals surface area contributed by atoms with Crippen molar-refractivity contribution in [1.82, 2.24) is 0 Å². The van der Waals surface area contributed by atoms with Crippen molar-refractivity contribution in [2.45, 2.75) is 11.4 Å². The van der Waals surface area contributed by atoms with Crippen molar-refractivity contribution in [2.24, 2.45) is 5.14 Å². The second-order valence-electron chi connectivity index (χ2n) is 5.37. The number of sulfonamides is 1. The predicted molar refractivity (Wildman–Crippen MR) is 86.4 cm³/mol. The molecule has 128 valence electrons. The number of carbonyl (C=O) groups is 2. The van der Waals surface area contributed by atoms with Crippen LogP contribution in [0.3, 0.4) is 0 Å². The number of non-ortho nitro benzene ring substituents is 1. The summed E-state index contributed by atoms with van der Waals surface area (Å²) < 4.78 is 22.5. The molecule has 10 heteroatoms. The Morgan fingerprint density at radius 1 is 1.08 bits per heavy atom. The summed E-state index contributed by atoms with van der Waals surface area (Å²) in [5, 5.41) is 15.8. The van der Waals surface area contributed by atoms with Crippen LogP contribution in [0.2, 0.25) is 0 Å². The molecule has 9 nitrogen and oxygen atoms in total. The van der Waals surface area contributed by atoms with Gasteiger partial charge in [0.2, 0.25) is 10.0 Å². The molecular formula is C15H11N3O6S. The number of fused-ring (bicyclic) bond motifs is 1. The molecule has 0 aliphatic carbocycles. The minimum absolute atomic E-state index is 0.0142. The lowest BCUT2D eigenvalue weighted by Gasteiger charge is -2.16. The van der Waals surface area contributed by atoms with Crippen molar-refractivity contribution in [3.63, 3.8) is 0 Å². The highest BCUT2D eigenvalue weighted by Crippen LogP contribution is 2.33. The zero-order valence-corrected chi connectivity index (χ0v) is 13.4. The van der Waals surface area contributed by atoms with Crippen LogP contribution in [0, 0.1) is 10.1 Å². The van der Waals surface area contributed by atoms with Gasteiger partial charge >= 0.3 is 0 Å². The Balaban J connectivity index is 1.93. The maximum Gasteiger partial charge on any atom is 0.299 e. The number of nitrogens with zero attached hydrogens (tertiary/aromatic N) is 2. The Kier molecular flexibility index (Phi) is 3.85. The normalized spacial score (nSPS) is 13.9. The van der Waals surface area contributed by atoms with Gasteiger partial charge in [0.25, 0.3) is 17.4 Å². The molecule has 1 amide bonds. The van der Waals surface area contributed by atoms with E-state index in [1.807, 2.05) is 0 Å². The Hall–Kier alpha value is -3.11. The summed E-state index contributed by atoms with van der Waals surface area (Å²) in [5.74, 6) is -1.62. The standard InChI is InChI=1S/C15H11N3O6S/c16-25(23,24)11-4-1-9(2-5-11)8-17-13-6-3-10(18(21)22)7-12(13)14(19)15(17)20/h1-7H,8H2,(H2,16,23,24). The van der Waals surface area contributed by atoms with Gasteiger partial charge < -0.3 is 4.90 Å². The van der Waals surface area contributed by atoms with Crippen LogP contribution in [-0.4, -0.2) is 25.0 Å². The van der Waals surface area contributed by atoms with Gasteiger partial charge in [-0.15, -0.1) is 0 Å². The maximum atomic E-state index is 12.2. The molecule has 1 heterocycles. The van der Waals surface area contributed by atoms with Gasteiger partial charge in [0.05, 0.1) is 27.6 Å². The number of rotatable bonds is 4. The summed E-state index contributed by atoms with van der Waals surface area (Å²) in [6.07, 6.45) is 0. The van der Waals surface area contributed by atoms with Crippen LogP contribution < -0.4 is 10.0 Å². The highest BCUT2D eigenvalue weighted by molar-refractivity contribution is 7.89. The molecule has 0 saturated heterocycles. The molecular weight excluding hydrogens is 350 g/mol. The first kappa shape index (κ1) is 16.7. The molecule has 1 aliphatic rings. The van der Waals surface area contributed by atoms with Gasteiger partial charge in [0.15, 0.2) is 0 Å². The second kappa shape index (κ2) is 5.76. The van der Waals surface area contributed by atoms with Crippen LogP contribution >= 0.6 is 0 Å². The van der Waals surface area contributed by atoms with E-state index in [0.29, 0.717) is 5.56 Å². The Morgan fingerprint density at radius 2 is 1.72 bits per heavy atom.